The Bertz CT molecular complexity index is 272. The quantitative estimate of drug-likeness (QED) is 0.512. The van der Waals surface area contributed by atoms with Crippen LogP contribution in [-0.2, 0) is 11.3 Å². The van der Waals surface area contributed by atoms with Crippen molar-refractivity contribution in [3.05, 3.63) is 29.8 Å². The maximum absolute atomic E-state index is 5.59. The van der Waals surface area contributed by atoms with Crippen molar-refractivity contribution >= 4 is 11.6 Å². The van der Waals surface area contributed by atoms with Gasteiger partial charge in [-0.05, 0) is 37.0 Å². The van der Waals surface area contributed by atoms with E-state index in [1.165, 1.54) is 5.56 Å². The lowest BCUT2D eigenvalue weighted by molar-refractivity contribution is 0.117. The Kier molecular flexibility index (Phi) is 7.02. The molecule has 0 N–H and O–H groups in total. The zero-order chi connectivity index (χ0) is 11.6. The summed E-state index contributed by atoms with van der Waals surface area (Å²) < 4.78 is 10.6. The molecule has 0 radical (unpaired) electrons. The number of rotatable bonds is 8. The number of hydrogen-bond donors (Lipinski definition) is 0. The molecule has 16 heavy (non-hydrogen) atoms. The first kappa shape index (κ1) is 13.3. The Morgan fingerprint density at radius 2 is 1.81 bits per heavy atom. The molecule has 0 heterocycles. The van der Waals surface area contributed by atoms with Crippen LogP contribution in [0.3, 0.4) is 0 Å². The highest BCUT2D eigenvalue weighted by Gasteiger charge is 1.95. The van der Waals surface area contributed by atoms with Crippen LogP contribution in [-0.4, -0.2) is 19.6 Å². The molecule has 0 saturated heterocycles. The van der Waals surface area contributed by atoms with E-state index in [1.807, 2.05) is 24.3 Å². The Morgan fingerprint density at radius 1 is 1.06 bits per heavy atom. The van der Waals surface area contributed by atoms with Gasteiger partial charge in [0.1, 0.15) is 5.75 Å². The van der Waals surface area contributed by atoms with Crippen molar-refractivity contribution < 1.29 is 9.47 Å². The van der Waals surface area contributed by atoms with Crippen molar-refractivity contribution in [1.82, 2.24) is 0 Å². The first-order chi connectivity index (χ1) is 7.86. The first-order valence-electron chi connectivity index (χ1n) is 5.63. The van der Waals surface area contributed by atoms with Crippen LogP contribution in [0.2, 0.25) is 0 Å². The summed E-state index contributed by atoms with van der Waals surface area (Å²) in [5.41, 5.74) is 1.18. The monoisotopic (exact) mass is 242 g/mol. The van der Waals surface area contributed by atoms with Crippen molar-refractivity contribution in [2.75, 3.05) is 19.6 Å². The van der Waals surface area contributed by atoms with Crippen LogP contribution in [0.1, 0.15) is 24.8 Å². The fraction of sp³-hybridized carbons (Fsp3) is 0.538. The van der Waals surface area contributed by atoms with Gasteiger partial charge in [-0.3, -0.25) is 0 Å². The zero-order valence-electron chi connectivity index (χ0n) is 9.75. The number of hydrogen-bond acceptors (Lipinski definition) is 2. The van der Waals surface area contributed by atoms with Gasteiger partial charge in [-0.1, -0.05) is 12.1 Å². The molecule has 0 bridgehead atoms. The second-order valence-corrected chi connectivity index (χ2v) is 4.03. The first-order valence-corrected chi connectivity index (χ1v) is 6.17. The maximum atomic E-state index is 5.59. The molecule has 0 amide bonds. The summed E-state index contributed by atoms with van der Waals surface area (Å²) in [5.74, 6) is 1.63. The molecule has 0 saturated carbocycles. The van der Waals surface area contributed by atoms with E-state index >= 15 is 0 Å². The second-order valence-electron chi connectivity index (χ2n) is 3.65. The molecular weight excluding hydrogens is 224 g/mol. The molecule has 1 aromatic carbocycles. The summed E-state index contributed by atoms with van der Waals surface area (Å²) in [6.45, 7) is 1.48. The van der Waals surface area contributed by atoms with E-state index in [9.17, 15) is 0 Å². The summed E-state index contributed by atoms with van der Waals surface area (Å²) in [5, 5.41) is 0. The number of alkyl halides is 1. The van der Waals surface area contributed by atoms with Gasteiger partial charge >= 0.3 is 0 Å². The molecule has 0 aliphatic heterocycles. The van der Waals surface area contributed by atoms with Gasteiger partial charge in [0.25, 0.3) is 0 Å². The Hall–Kier alpha value is -0.730. The molecule has 0 aliphatic carbocycles. The van der Waals surface area contributed by atoms with Gasteiger partial charge < -0.3 is 9.47 Å². The largest absolute Gasteiger partial charge is 0.497 e. The molecule has 3 heteroatoms. The zero-order valence-corrected chi connectivity index (χ0v) is 10.5. The average Bonchev–Trinajstić information content (AvgIpc) is 2.34. The molecule has 2 nitrogen and oxygen atoms in total. The Labute approximate surface area is 103 Å². The van der Waals surface area contributed by atoms with E-state index < -0.39 is 0 Å². The van der Waals surface area contributed by atoms with E-state index in [1.54, 1.807) is 7.11 Å². The maximum Gasteiger partial charge on any atom is 0.118 e. The van der Waals surface area contributed by atoms with Crippen molar-refractivity contribution in [1.29, 1.82) is 0 Å². The predicted molar refractivity (Wildman–Crippen MR) is 67.2 cm³/mol. The molecule has 0 fully saturated rings. The van der Waals surface area contributed by atoms with Gasteiger partial charge in [0.2, 0.25) is 0 Å². The van der Waals surface area contributed by atoms with E-state index in [-0.39, 0.29) is 0 Å². The van der Waals surface area contributed by atoms with Gasteiger partial charge in [-0.15, -0.1) is 11.6 Å². The molecule has 0 unspecified atom stereocenters. The van der Waals surface area contributed by atoms with Gasteiger partial charge in [0.05, 0.1) is 13.7 Å². The predicted octanol–water partition coefficient (Wildman–Crippen LogP) is 3.62. The van der Waals surface area contributed by atoms with Crippen LogP contribution in [0.4, 0.5) is 0 Å². The number of ether oxygens (including phenoxy) is 2. The molecule has 1 rings (SSSR count). The normalized spacial score (nSPS) is 10.4. The third-order valence-electron chi connectivity index (χ3n) is 2.35. The number of benzene rings is 1. The summed E-state index contributed by atoms with van der Waals surface area (Å²) in [7, 11) is 1.67. The molecule has 0 aliphatic rings. The SMILES string of the molecule is COc1ccc(COCCCCCCl)cc1. The average molecular weight is 243 g/mol. The highest BCUT2D eigenvalue weighted by Crippen LogP contribution is 2.12. The number of unbranched alkanes of at least 4 members (excludes halogenated alkanes) is 2. The van der Waals surface area contributed by atoms with Gasteiger partial charge in [-0.2, -0.15) is 0 Å². The topological polar surface area (TPSA) is 18.5 Å². The molecule has 1 aromatic rings. The summed E-state index contributed by atoms with van der Waals surface area (Å²) >= 11 is 5.59. The molecule has 0 atom stereocenters. The third kappa shape index (κ3) is 5.38. The van der Waals surface area contributed by atoms with Crippen LogP contribution in [0.15, 0.2) is 24.3 Å². The smallest absolute Gasteiger partial charge is 0.118 e. The van der Waals surface area contributed by atoms with Crippen molar-refractivity contribution in [3.63, 3.8) is 0 Å². The molecule has 0 aromatic heterocycles. The van der Waals surface area contributed by atoms with E-state index in [2.05, 4.69) is 0 Å². The molecular formula is C13H19ClO2. The van der Waals surface area contributed by atoms with Crippen LogP contribution in [0.25, 0.3) is 0 Å². The molecule has 0 spiro atoms. The summed E-state index contributed by atoms with van der Waals surface area (Å²) in [6, 6.07) is 7.95. The fourth-order valence-corrected chi connectivity index (χ4v) is 1.58. The Balaban J connectivity index is 2.12. The lowest BCUT2D eigenvalue weighted by Gasteiger charge is -2.05. The van der Waals surface area contributed by atoms with Gasteiger partial charge in [-0.25, -0.2) is 0 Å². The van der Waals surface area contributed by atoms with Crippen LogP contribution in [0, 0.1) is 0 Å². The summed E-state index contributed by atoms with van der Waals surface area (Å²) in [6.07, 6.45) is 3.31. The highest BCUT2D eigenvalue weighted by molar-refractivity contribution is 6.17. The van der Waals surface area contributed by atoms with E-state index in [4.69, 9.17) is 21.1 Å². The van der Waals surface area contributed by atoms with Crippen LogP contribution >= 0.6 is 11.6 Å². The summed E-state index contributed by atoms with van der Waals surface area (Å²) in [4.78, 5) is 0. The fourth-order valence-electron chi connectivity index (χ4n) is 1.39. The standard InChI is InChI=1S/C13H19ClO2/c1-15-13-7-5-12(6-8-13)11-16-10-4-2-3-9-14/h5-8H,2-4,9-11H2,1H3. The van der Waals surface area contributed by atoms with Crippen LogP contribution < -0.4 is 4.74 Å². The minimum atomic E-state index is 0.671. The Morgan fingerprint density at radius 3 is 2.44 bits per heavy atom. The van der Waals surface area contributed by atoms with E-state index in [0.717, 1.165) is 37.5 Å². The van der Waals surface area contributed by atoms with E-state index in [0.29, 0.717) is 6.61 Å². The minimum absolute atomic E-state index is 0.671. The lowest BCUT2D eigenvalue weighted by Crippen LogP contribution is -1.96. The lowest BCUT2D eigenvalue weighted by atomic mass is 10.2. The minimum Gasteiger partial charge on any atom is -0.497 e. The highest BCUT2D eigenvalue weighted by atomic mass is 35.5. The number of halogens is 1. The van der Waals surface area contributed by atoms with Gasteiger partial charge in [0.15, 0.2) is 0 Å². The third-order valence-corrected chi connectivity index (χ3v) is 2.62. The van der Waals surface area contributed by atoms with Crippen molar-refractivity contribution in [2.24, 2.45) is 0 Å². The van der Waals surface area contributed by atoms with Gasteiger partial charge in [0, 0.05) is 12.5 Å². The number of methoxy groups -OCH3 is 1. The van der Waals surface area contributed by atoms with Crippen LogP contribution in [0.5, 0.6) is 5.75 Å². The molecule has 90 valence electrons. The van der Waals surface area contributed by atoms with Crippen molar-refractivity contribution in [2.45, 2.75) is 25.9 Å². The van der Waals surface area contributed by atoms with Crippen molar-refractivity contribution in [3.8, 4) is 5.75 Å². The second kappa shape index (κ2) is 8.43.